The van der Waals surface area contributed by atoms with E-state index in [2.05, 4.69) is 20.8 Å². The van der Waals surface area contributed by atoms with Crippen LogP contribution in [0.25, 0.3) is 0 Å². The lowest BCUT2D eigenvalue weighted by atomic mass is 9.95. The first-order valence-corrected chi connectivity index (χ1v) is 7.60. The number of hydrogen-bond acceptors (Lipinski definition) is 2. The third-order valence-electron chi connectivity index (χ3n) is 2.91. The van der Waals surface area contributed by atoms with Gasteiger partial charge in [-0.25, -0.2) is 0 Å². The maximum atomic E-state index is 10.5. The summed E-state index contributed by atoms with van der Waals surface area (Å²) in [5.41, 5.74) is 0.653. The third-order valence-corrected chi connectivity index (χ3v) is 5.13. The fourth-order valence-corrected chi connectivity index (χ4v) is 3.48. The van der Waals surface area contributed by atoms with E-state index in [4.69, 9.17) is 23.2 Å². The van der Waals surface area contributed by atoms with E-state index >= 15 is 0 Å². The molecule has 2 aromatic rings. The van der Waals surface area contributed by atoms with E-state index in [1.807, 2.05) is 12.1 Å². The lowest BCUT2D eigenvalue weighted by Crippen LogP contribution is -2.07. The highest BCUT2D eigenvalue weighted by atomic mass is 35.5. The number of hydrogen-bond donors (Lipinski definition) is 1. The van der Waals surface area contributed by atoms with Crippen LogP contribution in [0, 0.1) is 0 Å². The number of halogens is 2. The van der Waals surface area contributed by atoms with Crippen molar-refractivity contribution in [2.24, 2.45) is 0 Å². The number of aliphatic hydroxyl groups is 1. The van der Waals surface area contributed by atoms with Crippen LogP contribution in [-0.4, -0.2) is 5.11 Å². The molecule has 0 aliphatic heterocycles. The maximum absolute atomic E-state index is 10.5. The normalized spacial score (nSPS) is 13.6. The second kappa shape index (κ2) is 5.45. The van der Waals surface area contributed by atoms with Crippen LogP contribution in [0.2, 0.25) is 10.0 Å². The molecule has 0 spiro atoms. The molecule has 4 heteroatoms. The average molecular weight is 315 g/mol. The Morgan fingerprint density at radius 2 is 1.63 bits per heavy atom. The Kier molecular flexibility index (Phi) is 4.26. The average Bonchev–Trinajstić information content (AvgIpc) is 2.77. The summed E-state index contributed by atoms with van der Waals surface area (Å²) in [6.07, 6.45) is -0.776. The molecule has 1 unspecified atom stereocenters. The van der Waals surface area contributed by atoms with Crippen LogP contribution in [0.5, 0.6) is 0 Å². The summed E-state index contributed by atoms with van der Waals surface area (Å²) < 4.78 is 0. The van der Waals surface area contributed by atoms with Gasteiger partial charge in [-0.2, -0.15) is 0 Å². The van der Waals surface area contributed by atoms with E-state index in [9.17, 15) is 5.11 Å². The van der Waals surface area contributed by atoms with Crippen molar-refractivity contribution in [1.82, 2.24) is 0 Å². The quantitative estimate of drug-likeness (QED) is 0.783. The molecule has 0 amide bonds. The molecule has 1 heterocycles. The Hall–Kier alpha value is -0.540. The second-order valence-corrected chi connectivity index (χ2v) is 7.42. The SMILES string of the molecule is CC(C)(C)c1ccc(C(O)c2c(Cl)cccc2Cl)s1. The summed E-state index contributed by atoms with van der Waals surface area (Å²) in [5.74, 6) is 0. The minimum atomic E-state index is -0.776. The molecule has 0 radical (unpaired) electrons. The zero-order valence-electron chi connectivity index (χ0n) is 11.1. The van der Waals surface area contributed by atoms with Crippen molar-refractivity contribution in [2.45, 2.75) is 32.3 Å². The Morgan fingerprint density at radius 1 is 1.05 bits per heavy atom. The monoisotopic (exact) mass is 314 g/mol. The van der Waals surface area contributed by atoms with Crippen LogP contribution in [-0.2, 0) is 5.41 Å². The number of thiophene rings is 1. The third kappa shape index (κ3) is 3.14. The maximum Gasteiger partial charge on any atom is 0.116 e. The van der Waals surface area contributed by atoms with Crippen molar-refractivity contribution in [3.8, 4) is 0 Å². The van der Waals surface area contributed by atoms with Crippen LogP contribution in [0.1, 0.15) is 42.2 Å². The van der Waals surface area contributed by atoms with Gasteiger partial charge in [-0.15, -0.1) is 11.3 Å². The molecule has 102 valence electrons. The molecular formula is C15H16Cl2OS. The summed E-state index contributed by atoms with van der Waals surface area (Å²) in [6, 6.07) is 9.24. The van der Waals surface area contributed by atoms with E-state index in [0.29, 0.717) is 15.6 Å². The van der Waals surface area contributed by atoms with Crippen molar-refractivity contribution in [2.75, 3.05) is 0 Å². The molecular weight excluding hydrogens is 299 g/mol. The lowest BCUT2D eigenvalue weighted by Gasteiger charge is -2.16. The van der Waals surface area contributed by atoms with Crippen LogP contribution in [0.3, 0.4) is 0 Å². The Balaban J connectivity index is 2.40. The molecule has 1 nitrogen and oxygen atoms in total. The van der Waals surface area contributed by atoms with Crippen molar-refractivity contribution in [3.63, 3.8) is 0 Å². The molecule has 0 fully saturated rings. The van der Waals surface area contributed by atoms with Gasteiger partial charge in [0.05, 0.1) is 0 Å². The van der Waals surface area contributed by atoms with Gasteiger partial charge in [0, 0.05) is 25.4 Å². The molecule has 0 aliphatic carbocycles. The van der Waals surface area contributed by atoms with Gasteiger partial charge in [0.25, 0.3) is 0 Å². The van der Waals surface area contributed by atoms with Crippen molar-refractivity contribution in [3.05, 3.63) is 55.7 Å². The first kappa shape index (κ1) is 14.9. The summed E-state index contributed by atoms with van der Waals surface area (Å²) in [6.45, 7) is 6.45. The van der Waals surface area contributed by atoms with Gasteiger partial charge in [-0.1, -0.05) is 50.0 Å². The van der Waals surface area contributed by atoms with Crippen molar-refractivity contribution >= 4 is 34.5 Å². The van der Waals surface area contributed by atoms with Gasteiger partial charge in [-0.3, -0.25) is 0 Å². The topological polar surface area (TPSA) is 20.2 Å². The largest absolute Gasteiger partial charge is 0.383 e. The summed E-state index contributed by atoms with van der Waals surface area (Å²) in [7, 11) is 0. The van der Waals surface area contributed by atoms with Crippen LogP contribution < -0.4 is 0 Å². The van der Waals surface area contributed by atoms with Gasteiger partial charge in [0.1, 0.15) is 6.10 Å². The molecule has 0 aliphatic rings. The molecule has 0 saturated heterocycles. The van der Waals surface area contributed by atoms with Crippen molar-refractivity contribution < 1.29 is 5.11 Å². The van der Waals surface area contributed by atoms with E-state index in [1.54, 1.807) is 29.5 Å². The summed E-state index contributed by atoms with van der Waals surface area (Å²) in [4.78, 5) is 2.09. The highest BCUT2D eigenvalue weighted by Crippen LogP contribution is 2.39. The predicted molar refractivity (Wildman–Crippen MR) is 83.5 cm³/mol. The Labute approximate surface area is 127 Å². The van der Waals surface area contributed by atoms with Crippen molar-refractivity contribution in [1.29, 1.82) is 0 Å². The molecule has 2 rings (SSSR count). The molecule has 19 heavy (non-hydrogen) atoms. The molecule has 1 atom stereocenters. The first-order chi connectivity index (χ1) is 8.80. The molecule has 1 N–H and O–H groups in total. The highest BCUT2D eigenvalue weighted by molar-refractivity contribution is 7.12. The van der Waals surface area contributed by atoms with E-state index in [-0.39, 0.29) is 5.41 Å². The number of benzene rings is 1. The Bertz CT molecular complexity index is 564. The summed E-state index contributed by atoms with van der Waals surface area (Å²) >= 11 is 13.9. The number of aliphatic hydroxyl groups excluding tert-OH is 1. The van der Waals surface area contributed by atoms with Crippen LogP contribution in [0.15, 0.2) is 30.3 Å². The zero-order valence-corrected chi connectivity index (χ0v) is 13.4. The molecule has 1 aromatic carbocycles. The van der Waals surface area contributed by atoms with E-state index in [1.165, 1.54) is 4.88 Å². The molecule has 0 saturated carbocycles. The van der Waals surface area contributed by atoms with Gasteiger partial charge in [0.15, 0.2) is 0 Å². The standard InChI is InChI=1S/C15H16Cl2OS/c1-15(2,3)12-8-7-11(19-12)14(18)13-9(16)5-4-6-10(13)17/h4-8,14,18H,1-3H3. The van der Waals surface area contributed by atoms with Crippen LogP contribution >= 0.6 is 34.5 Å². The minimum Gasteiger partial charge on any atom is -0.383 e. The second-order valence-electron chi connectivity index (χ2n) is 5.49. The highest BCUT2D eigenvalue weighted by Gasteiger charge is 2.22. The predicted octanol–water partition coefficient (Wildman–Crippen LogP) is 5.43. The minimum absolute atomic E-state index is 0.0763. The van der Waals surface area contributed by atoms with E-state index in [0.717, 1.165) is 4.88 Å². The van der Waals surface area contributed by atoms with E-state index < -0.39 is 6.10 Å². The fourth-order valence-electron chi connectivity index (χ4n) is 1.82. The fraction of sp³-hybridized carbons (Fsp3) is 0.333. The molecule has 0 bridgehead atoms. The Morgan fingerprint density at radius 3 is 2.11 bits per heavy atom. The zero-order chi connectivity index (χ0) is 14.2. The van der Waals surface area contributed by atoms with Gasteiger partial charge < -0.3 is 5.11 Å². The van der Waals surface area contributed by atoms with Gasteiger partial charge in [-0.05, 0) is 29.7 Å². The van der Waals surface area contributed by atoms with Gasteiger partial charge >= 0.3 is 0 Å². The first-order valence-electron chi connectivity index (χ1n) is 6.03. The summed E-state index contributed by atoms with van der Waals surface area (Å²) in [5, 5.41) is 11.5. The number of rotatable bonds is 2. The smallest absolute Gasteiger partial charge is 0.116 e. The van der Waals surface area contributed by atoms with Crippen LogP contribution in [0.4, 0.5) is 0 Å². The molecule has 1 aromatic heterocycles. The van der Waals surface area contributed by atoms with Gasteiger partial charge in [0.2, 0.25) is 0 Å². The lowest BCUT2D eigenvalue weighted by molar-refractivity contribution is 0.224.